The van der Waals surface area contributed by atoms with E-state index in [1.54, 1.807) is 17.9 Å². The Balaban J connectivity index is 2.15. The number of nitrogens with one attached hydrogen (secondary N) is 1. The lowest BCUT2D eigenvalue weighted by molar-refractivity contribution is -0.137. The van der Waals surface area contributed by atoms with Crippen LogP contribution >= 0.6 is 0 Å². The number of carbonyl (C=O) groups excluding carboxylic acids is 1. The number of benzene rings is 1. The minimum atomic E-state index is -1.01. The maximum atomic E-state index is 12.2. The molecule has 1 atom stereocenters. The fraction of sp³-hybridized carbons (Fsp3) is 0.421. The van der Waals surface area contributed by atoms with Gasteiger partial charge < -0.3 is 15.2 Å². The Morgan fingerprint density at radius 2 is 1.92 bits per heavy atom. The van der Waals surface area contributed by atoms with Gasteiger partial charge in [0.1, 0.15) is 6.61 Å². The summed E-state index contributed by atoms with van der Waals surface area (Å²) in [6, 6.07) is 8.56. The molecule has 0 unspecified atom stereocenters. The zero-order valence-electron chi connectivity index (χ0n) is 15.5. The minimum Gasteiger partial charge on any atom is -0.481 e. The standard InChI is InChI=1S/C19H25N3O4/c1-19(2,3)17-14(11-22(4)21-17)15(10-16(23)24)20-18(25)26-12-13-8-6-5-7-9-13/h5-9,11,15H,10,12H2,1-4H3,(H,20,25)(H,23,24)/t15-/m1/s1. The van der Waals surface area contributed by atoms with E-state index < -0.39 is 18.1 Å². The van der Waals surface area contributed by atoms with Crippen molar-refractivity contribution in [3.63, 3.8) is 0 Å². The second-order valence-corrected chi connectivity index (χ2v) is 7.21. The van der Waals surface area contributed by atoms with E-state index >= 15 is 0 Å². The van der Waals surface area contributed by atoms with Gasteiger partial charge in [-0.3, -0.25) is 9.48 Å². The highest BCUT2D eigenvalue weighted by atomic mass is 16.5. The molecular formula is C19H25N3O4. The largest absolute Gasteiger partial charge is 0.481 e. The SMILES string of the molecule is Cn1cc([C@@H](CC(=O)O)NC(=O)OCc2ccccc2)c(C(C)(C)C)n1. The van der Waals surface area contributed by atoms with Gasteiger partial charge in [0.25, 0.3) is 0 Å². The van der Waals surface area contributed by atoms with Crippen LogP contribution in [0.3, 0.4) is 0 Å². The number of rotatable bonds is 6. The van der Waals surface area contributed by atoms with Crippen molar-refractivity contribution in [2.75, 3.05) is 0 Å². The van der Waals surface area contributed by atoms with Crippen LogP contribution in [0.15, 0.2) is 36.5 Å². The second-order valence-electron chi connectivity index (χ2n) is 7.21. The topological polar surface area (TPSA) is 93.5 Å². The molecule has 0 radical (unpaired) electrons. The maximum absolute atomic E-state index is 12.2. The van der Waals surface area contributed by atoms with Gasteiger partial charge in [-0.2, -0.15) is 5.10 Å². The molecule has 2 rings (SSSR count). The highest BCUT2D eigenvalue weighted by molar-refractivity contribution is 5.72. The van der Waals surface area contributed by atoms with Gasteiger partial charge in [0, 0.05) is 24.2 Å². The van der Waals surface area contributed by atoms with Crippen LogP contribution in [-0.2, 0) is 28.6 Å². The Kier molecular flexibility index (Phi) is 6.02. The number of carboxylic acid groups (broad SMARTS) is 1. The van der Waals surface area contributed by atoms with Gasteiger partial charge in [0.15, 0.2) is 0 Å². The summed E-state index contributed by atoms with van der Waals surface area (Å²) in [5, 5.41) is 16.4. The molecule has 0 saturated carbocycles. The number of alkyl carbamates (subject to hydrolysis) is 1. The quantitative estimate of drug-likeness (QED) is 0.826. The molecule has 0 fully saturated rings. The number of hydrogen-bond acceptors (Lipinski definition) is 4. The van der Waals surface area contributed by atoms with Gasteiger partial charge in [0.05, 0.1) is 18.2 Å². The molecule has 1 aromatic heterocycles. The summed E-state index contributed by atoms with van der Waals surface area (Å²) < 4.78 is 6.85. The van der Waals surface area contributed by atoms with Crippen molar-refractivity contribution in [1.29, 1.82) is 0 Å². The van der Waals surface area contributed by atoms with E-state index in [2.05, 4.69) is 10.4 Å². The molecule has 0 spiro atoms. The summed E-state index contributed by atoms with van der Waals surface area (Å²) >= 11 is 0. The van der Waals surface area contributed by atoms with Crippen molar-refractivity contribution >= 4 is 12.1 Å². The van der Waals surface area contributed by atoms with Gasteiger partial charge in [-0.25, -0.2) is 4.79 Å². The summed E-state index contributed by atoms with van der Waals surface area (Å²) in [6.07, 6.45) is 0.824. The number of carboxylic acids is 1. The summed E-state index contributed by atoms with van der Waals surface area (Å²) in [5.74, 6) is -1.01. The van der Waals surface area contributed by atoms with Crippen molar-refractivity contribution in [2.45, 2.75) is 45.3 Å². The molecule has 1 aromatic carbocycles. The molecule has 7 heteroatoms. The molecule has 0 bridgehead atoms. The summed E-state index contributed by atoms with van der Waals surface area (Å²) in [6.45, 7) is 6.09. The lowest BCUT2D eigenvalue weighted by atomic mass is 9.87. The van der Waals surface area contributed by atoms with Crippen molar-refractivity contribution in [1.82, 2.24) is 15.1 Å². The molecule has 0 aliphatic rings. The Hall–Kier alpha value is -2.83. The highest BCUT2D eigenvalue weighted by Crippen LogP contribution is 2.30. The normalized spacial score (nSPS) is 12.5. The molecule has 26 heavy (non-hydrogen) atoms. The molecule has 140 valence electrons. The number of carbonyl (C=O) groups is 2. The van der Waals surface area contributed by atoms with Crippen LogP contribution in [0, 0.1) is 0 Å². The van der Waals surface area contributed by atoms with Crippen LogP contribution in [0.25, 0.3) is 0 Å². The molecule has 0 aliphatic carbocycles. The molecule has 1 heterocycles. The van der Waals surface area contributed by atoms with Gasteiger partial charge in [-0.05, 0) is 5.56 Å². The van der Waals surface area contributed by atoms with E-state index in [4.69, 9.17) is 4.74 Å². The predicted octanol–water partition coefficient (Wildman–Crippen LogP) is 3.16. The fourth-order valence-electron chi connectivity index (χ4n) is 2.67. The number of aliphatic carboxylic acids is 1. The van der Waals surface area contributed by atoms with Crippen molar-refractivity contribution in [3.05, 3.63) is 53.3 Å². The number of ether oxygens (including phenoxy) is 1. The van der Waals surface area contributed by atoms with Crippen molar-refractivity contribution in [3.8, 4) is 0 Å². The number of aryl methyl sites for hydroxylation is 1. The smallest absolute Gasteiger partial charge is 0.407 e. The summed E-state index contributed by atoms with van der Waals surface area (Å²) in [4.78, 5) is 23.5. The maximum Gasteiger partial charge on any atom is 0.407 e. The minimum absolute atomic E-state index is 0.117. The molecule has 1 amide bonds. The molecule has 0 saturated heterocycles. The molecule has 7 nitrogen and oxygen atoms in total. The lowest BCUT2D eigenvalue weighted by Gasteiger charge is -2.22. The Morgan fingerprint density at radius 1 is 1.27 bits per heavy atom. The summed E-state index contributed by atoms with van der Waals surface area (Å²) in [5.41, 5.74) is 1.99. The average molecular weight is 359 g/mol. The Morgan fingerprint density at radius 3 is 2.50 bits per heavy atom. The first kappa shape index (κ1) is 19.5. The third-order valence-corrected chi connectivity index (χ3v) is 3.83. The Labute approximate surface area is 153 Å². The van der Waals surface area contributed by atoms with E-state index in [0.29, 0.717) is 5.56 Å². The van der Waals surface area contributed by atoms with E-state index in [-0.39, 0.29) is 18.4 Å². The van der Waals surface area contributed by atoms with E-state index in [9.17, 15) is 14.7 Å². The zero-order chi connectivity index (χ0) is 19.3. The first-order valence-corrected chi connectivity index (χ1v) is 8.40. The fourth-order valence-corrected chi connectivity index (χ4v) is 2.67. The van der Waals surface area contributed by atoms with E-state index in [1.807, 2.05) is 51.1 Å². The van der Waals surface area contributed by atoms with Crippen molar-refractivity contribution < 1.29 is 19.4 Å². The molecule has 0 aliphatic heterocycles. The van der Waals surface area contributed by atoms with Crippen molar-refractivity contribution in [2.24, 2.45) is 7.05 Å². The number of aromatic nitrogens is 2. The Bertz CT molecular complexity index is 763. The van der Waals surface area contributed by atoms with Crippen LogP contribution in [-0.4, -0.2) is 26.9 Å². The van der Waals surface area contributed by atoms with E-state index in [0.717, 1.165) is 11.3 Å². The van der Waals surface area contributed by atoms with Crippen LogP contribution in [0.4, 0.5) is 4.79 Å². The second kappa shape index (κ2) is 8.03. The predicted molar refractivity (Wildman–Crippen MR) is 96.7 cm³/mol. The number of hydrogen-bond donors (Lipinski definition) is 2. The summed E-state index contributed by atoms with van der Waals surface area (Å²) in [7, 11) is 1.77. The number of nitrogens with zero attached hydrogens (tertiary/aromatic N) is 2. The van der Waals surface area contributed by atoms with E-state index in [1.165, 1.54) is 0 Å². The molecule has 2 aromatic rings. The lowest BCUT2D eigenvalue weighted by Crippen LogP contribution is -2.32. The van der Waals surface area contributed by atoms with Gasteiger partial charge in [-0.15, -0.1) is 0 Å². The van der Waals surface area contributed by atoms with Gasteiger partial charge in [0.2, 0.25) is 0 Å². The first-order valence-electron chi connectivity index (χ1n) is 8.40. The van der Waals surface area contributed by atoms with Crippen LogP contribution in [0.1, 0.15) is 50.1 Å². The highest BCUT2D eigenvalue weighted by Gasteiger charge is 2.29. The van der Waals surface area contributed by atoms with Gasteiger partial charge >= 0.3 is 12.1 Å². The molecular weight excluding hydrogens is 334 g/mol. The zero-order valence-corrected chi connectivity index (χ0v) is 15.5. The van der Waals surface area contributed by atoms with Crippen LogP contribution in [0.5, 0.6) is 0 Å². The number of amides is 1. The van der Waals surface area contributed by atoms with Gasteiger partial charge in [-0.1, -0.05) is 51.1 Å². The molecule has 2 N–H and O–H groups in total. The average Bonchev–Trinajstić information content (AvgIpc) is 2.95. The van der Waals surface area contributed by atoms with Crippen LogP contribution in [0.2, 0.25) is 0 Å². The van der Waals surface area contributed by atoms with Crippen LogP contribution < -0.4 is 5.32 Å². The first-order chi connectivity index (χ1) is 12.2. The third-order valence-electron chi connectivity index (χ3n) is 3.83. The monoisotopic (exact) mass is 359 g/mol. The third kappa shape index (κ3) is 5.34.